The fourth-order valence-electron chi connectivity index (χ4n) is 3.16. The quantitative estimate of drug-likeness (QED) is 0.457. The van der Waals surface area contributed by atoms with Gasteiger partial charge in [0.2, 0.25) is 11.8 Å². The molecule has 0 N–H and O–H groups in total. The van der Waals surface area contributed by atoms with Crippen molar-refractivity contribution in [2.75, 3.05) is 4.90 Å². The lowest BCUT2D eigenvalue weighted by molar-refractivity contribution is -0.142. The maximum atomic E-state index is 12.9. The van der Waals surface area contributed by atoms with Crippen LogP contribution in [-0.4, -0.2) is 40.2 Å². The second-order valence-corrected chi connectivity index (χ2v) is 6.93. The number of anilines is 1. The van der Waals surface area contributed by atoms with Gasteiger partial charge in [0.25, 0.3) is 5.91 Å². The molecule has 0 bridgehead atoms. The average Bonchev–Trinajstić information content (AvgIpc) is 2.82. The highest BCUT2D eigenvalue weighted by atomic mass is 16.5. The molecule has 140 valence electrons. The second kappa shape index (κ2) is 7.27. The van der Waals surface area contributed by atoms with Crippen molar-refractivity contribution in [1.82, 2.24) is 4.90 Å². The number of imide groups is 1. The van der Waals surface area contributed by atoms with Crippen LogP contribution in [0.2, 0.25) is 0 Å². The molecule has 1 atom stereocenters. The van der Waals surface area contributed by atoms with Crippen molar-refractivity contribution in [2.45, 2.75) is 59.0 Å². The molecule has 1 fully saturated rings. The lowest BCUT2D eigenvalue weighted by Gasteiger charge is -2.40. The molecule has 26 heavy (non-hydrogen) atoms. The van der Waals surface area contributed by atoms with Gasteiger partial charge in [-0.2, -0.15) is 0 Å². The summed E-state index contributed by atoms with van der Waals surface area (Å²) in [5.74, 6) is -1.15. The van der Waals surface area contributed by atoms with Crippen LogP contribution in [-0.2, 0) is 19.2 Å². The van der Waals surface area contributed by atoms with Gasteiger partial charge in [-0.25, -0.2) is 4.90 Å². The van der Waals surface area contributed by atoms with Gasteiger partial charge in [-0.05, 0) is 44.5 Å². The topological polar surface area (TPSA) is 84.0 Å². The van der Waals surface area contributed by atoms with E-state index in [1.165, 1.54) is 30.9 Å². The number of ether oxygens (including phenoxy) is 1. The van der Waals surface area contributed by atoms with Crippen molar-refractivity contribution in [1.29, 1.82) is 0 Å². The SMILES string of the molecule is CCC(C)(C)N(C(C)=O)C1CC(=O)N(c2ccc(OC(C)=O)cc2)C1=O. The second-order valence-electron chi connectivity index (χ2n) is 6.93. The number of hydrogen-bond acceptors (Lipinski definition) is 5. The third kappa shape index (κ3) is 3.76. The summed E-state index contributed by atoms with van der Waals surface area (Å²) in [6, 6.07) is 5.30. The Morgan fingerprint density at radius 3 is 2.23 bits per heavy atom. The average molecular weight is 360 g/mol. The fraction of sp³-hybridized carbons (Fsp3) is 0.474. The first-order valence-corrected chi connectivity index (χ1v) is 8.53. The van der Waals surface area contributed by atoms with Gasteiger partial charge in [0.15, 0.2) is 0 Å². The third-order valence-electron chi connectivity index (χ3n) is 4.65. The van der Waals surface area contributed by atoms with E-state index in [4.69, 9.17) is 4.74 Å². The molecular formula is C19H24N2O5. The number of rotatable bonds is 5. The van der Waals surface area contributed by atoms with Crippen molar-refractivity contribution < 1.29 is 23.9 Å². The standard InChI is InChI=1S/C19H24N2O5/c1-6-19(4,5)21(12(2)22)16-11-17(24)20(18(16)25)14-7-9-15(10-8-14)26-13(3)23/h7-10,16H,6,11H2,1-5H3. The van der Waals surface area contributed by atoms with Crippen molar-refractivity contribution in [3.63, 3.8) is 0 Å². The molecule has 0 spiro atoms. The molecule has 0 aliphatic carbocycles. The normalized spacial score (nSPS) is 17.4. The predicted octanol–water partition coefficient (Wildman–Crippen LogP) is 2.28. The minimum atomic E-state index is -0.817. The molecule has 1 unspecified atom stereocenters. The fourth-order valence-corrected chi connectivity index (χ4v) is 3.16. The number of carbonyl (C=O) groups excluding carboxylic acids is 4. The van der Waals surface area contributed by atoms with Crippen LogP contribution in [0.25, 0.3) is 0 Å². The Hall–Kier alpha value is -2.70. The number of nitrogens with zero attached hydrogens (tertiary/aromatic N) is 2. The van der Waals surface area contributed by atoms with Gasteiger partial charge in [0.1, 0.15) is 11.8 Å². The maximum absolute atomic E-state index is 12.9. The summed E-state index contributed by atoms with van der Waals surface area (Å²) in [5.41, 5.74) is -0.155. The minimum absolute atomic E-state index is 0.0481. The van der Waals surface area contributed by atoms with Crippen LogP contribution >= 0.6 is 0 Å². The van der Waals surface area contributed by atoms with Crippen LogP contribution in [0.4, 0.5) is 5.69 Å². The van der Waals surface area contributed by atoms with E-state index in [-0.39, 0.29) is 18.2 Å². The van der Waals surface area contributed by atoms with E-state index in [9.17, 15) is 19.2 Å². The first kappa shape index (κ1) is 19.6. The highest BCUT2D eigenvalue weighted by Crippen LogP contribution is 2.31. The van der Waals surface area contributed by atoms with Crippen molar-refractivity contribution in [3.05, 3.63) is 24.3 Å². The summed E-state index contributed by atoms with van der Waals surface area (Å²) in [7, 11) is 0. The highest BCUT2D eigenvalue weighted by molar-refractivity contribution is 6.23. The molecule has 1 heterocycles. The lowest BCUT2D eigenvalue weighted by atomic mass is 9.96. The van der Waals surface area contributed by atoms with Gasteiger partial charge in [-0.3, -0.25) is 19.2 Å². The van der Waals surface area contributed by atoms with Crippen molar-refractivity contribution in [2.24, 2.45) is 0 Å². The van der Waals surface area contributed by atoms with E-state index < -0.39 is 23.5 Å². The minimum Gasteiger partial charge on any atom is -0.427 e. The summed E-state index contributed by atoms with van der Waals surface area (Å²) in [6.07, 6.45) is 0.606. The summed E-state index contributed by atoms with van der Waals surface area (Å²) < 4.78 is 4.96. The van der Waals surface area contributed by atoms with Crippen molar-refractivity contribution in [3.8, 4) is 5.75 Å². The molecule has 0 aromatic heterocycles. The number of benzene rings is 1. The molecule has 0 radical (unpaired) electrons. The molecule has 3 amide bonds. The highest BCUT2D eigenvalue weighted by Gasteiger charge is 2.47. The molecule has 0 saturated carbocycles. The van der Waals surface area contributed by atoms with Gasteiger partial charge in [0.05, 0.1) is 12.1 Å². The first-order valence-electron chi connectivity index (χ1n) is 8.53. The zero-order valence-electron chi connectivity index (χ0n) is 15.7. The molecule has 1 saturated heterocycles. The molecule has 2 rings (SSSR count). The summed E-state index contributed by atoms with van der Waals surface area (Å²) in [5, 5.41) is 0. The van der Waals surface area contributed by atoms with E-state index in [2.05, 4.69) is 0 Å². The van der Waals surface area contributed by atoms with Crippen LogP contribution in [0.15, 0.2) is 24.3 Å². The van der Waals surface area contributed by atoms with Gasteiger partial charge >= 0.3 is 5.97 Å². The largest absolute Gasteiger partial charge is 0.427 e. The summed E-state index contributed by atoms with van der Waals surface area (Å²) in [6.45, 7) is 8.39. The van der Waals surface area contributed by atoms with E-state index >= 15 is 0 Å². The Kier molecular flexibility index (Phi) is 5.49. The number of amides is 3. The predicted molar refractivity (Wildman–Crippen MR) is 95.5 cm³/mol. The smallest absolute Gasteiger partial charge is 0.308 e. The van der Waals surface area contributed by atoms with E-state index in [1.807, 2.05) is 20.8 Å². The Bertz CT molecular complexity index is 739. The molecule has 1 aromatic rings. The molecule has 7 heteroatoms. The summed E-state index contributed by atoms with van der Waals surface area (Å²) in [4.78, 5) is 51.1. The first-order chi connectivity index (χ1) is 12.1. The van der Waals surface area contributed by atoms with Gasteiger partial charge < -0.3 is 9.64 Å². The molecular weight excluding hydrogens is 336 g/mol. The maximum Gasteiger partial charge on any atom is 0.308 e. The van der Waals surface area contributed by atoms with Crippen LogP contribution < -0.4 is 9.64 Å². The van der Waals surface area contributed by atoms with Crippen molar-refractivity contribution >= 4 is 29.4 Å². The van der Waals surface area contributed by atoms with Gasteiger partial charge in [-0.1, -0.05) is 6.92 Å². The lowest BCUT2D eigenvalue weighted by Crippen LogP contribution is -2.54. The van der Waals surface area contributed by atoms with Crippen LogP contribution in [0.1, 0.15) is 47.5 Å². The Morgan fingerprint density at radius 1 is 1.19 bits per heavy atom. The number of carbonyl (C=O) groups is 4. The van der Waals surface area contributed by atoms with E-state index in [0.29, 0.717) is 17.9 Å². The number of hydrogen-bond donors (Lipinski definition) is 0. The van der Waals surface area contributed by atoms with Crippen LogP contribution in [0, 0.1) is 0 Å². The summed E-state index contributed by atoms with van der Waals surface area (Å²) >= 11 is 0. The van der Waals surface area contributed by atoms with Crippen LogP contribution in [0.5, 0.6) is 5.75 Å². The van der Waals surface area contributed by atoms with Gasteiger partial charge in [0, 0.05) is 19.4 Å². The monoisotopic (exact) mass is 360 g/mol. The van der Waals surface area contributed by atoms with Gasteiger partial charge in [-0.15, -0.1) is 0 Å². The molecule has 1 aromatic carbocycles. The van der Waals surface area contributed by atoms with E-state index in [1.54, 1.807) is 12.1 Å². The molecule has 1 aliphatic heterocycles. The Balaban J connectivity index is 2.30. The number of esters is 1. The van der Waals surface area contributed by atoms with Crippen LogP contribution in [0.3, 0.4) is 0 Å². The zero-order chi connectivity index (χ0) is 19.6. The molecule has 7 nitrogen and oxygen atoms in total. The zero-order valence-corrected chi connectivity index (χ0v) is 15.7. The van der Waals surface area contributed by atoms with E-state index in [0.717, 1.165) is 4.90 Å². The third-order valence-corrected chi connectivity index (χ3v) is 4.65. The molecule has 1 aliphatic rings. The Morgan fingerprint density at radius 2 is 1.77 bits per heavy atom. The Labute approximate surface area is 152 Å².